The Hall–Kier alpha value is -2.70. The normalized spacial score (nSPS) is 13.2. The molecular formula is C28H28N2O2S2. The predicted molar refractivity (Wildman–Crippen MR) is 142 cm³/mol. The molecule has 1 aliphatic rings. The predicted octanol–water partition coefficient (Wildman–Crippen LogP) is 6.17. The molecule has 4 aromatic rings. The highest BCUT2D eigenvalue weighted by Crippen LogP contribution is 2.35. The highest BCUT2D eigenvalue weighted by molar-refractivity contribution is 7.99. The van der Waals surface area contributed by atoms with Crippen molar-refractivity contribution < 1.29 is 4.79 Å². The van der Waals surface area contributed by atoms with Crippen LogP contribution in [0.3, 0.4) is 0 Å². The Morgan fingerprint density at radius 1 is 1.09 bits per heavy atom. The van der Waals surface area contributed by atoms with Gasteiger partial charge in [-0.25, -0.2) is 4.98 Å². The number of aryl methyl sites for hydroxylation is 5. The van der Waals surface area contributed by atoms with E-state index in [1.54, 1.807) is 15.9 Å². The smallest absolute Gasteiger partial charge is 0.263 e. The number of rotatable bonds is 7. The van der Waals surface area contributed by atoms with Gasteiger partial charge in [0.2, 0.25) is 0 Å². The van der Waals surface area contributed by atoms with Crippen LogP contribution >= 0.6 is 23.1 Å². The minimum atomic E-state index is 0.0435. The molecule has 2 heterocycles. The number of thiophene rings is 1. The molecule has 0 N–H and O–H groups in total. The maximum Gasteiger partial charge on any atom is 0.263 e. The summed E-state index contributed by atoms with van der Waals surface area (Å²) in [4.78, 5) is 33.9. The summed E-state index contributed by atoms with van der Waals surface area (Å²) in [5, 5.41) is 1.45. The number of hydrogen-bond acceptors (Lipinski definition) is 5. The monoisotopic (exact) mass is 488 g/mol. The van der Waals surface area contributed by atoms with E-state index in [4.69, 9.17) is 4.98 Å². The quantitative estimate of drug-likeness (QED) is 0.177. The van der Waals surface area contributed by atoms with E-state index >= 15 is 0 Å². The van der Waals surface area contributed by atoms with Crippen LogP contribution in [0.4, 0.5) is 0 Å². The van der Waals surface area contributed by atoms with Crippen LogP contribution in [0.5, 0.6) is 0 Å². The number of thioether (sulfide) groups is 1. The van der Waals surface area contributed by atoms with Gasteiger partial charge in [0.05, 0.1) is 11.1 Å². The van der Waals surface area contributed by atoms with Crippen molar-refractivity contribution in [3.63, 3.8) is 0 Å². The van der Waals surface area contributed by atoms with Gasteiger partial charge in [-0.2, -0.15) is 0 Å². The van der Waals surface area contributed by atoms with E-state index in [1.807, 2.05) is 50.2 Å². The first-order chi connectivity index (χ1) is 16.5. The molecule has 0 saturated heterocycles. The number of carbonyl (C=O) groups excluding carboxylic acids is 1. The maximum atomic E-state index is 13.7. The van der Waals surface area contributed by atoms with Crippen LogP contribution in [0.2, 0.25) is 0 Å². The van der Waals surface area contributed by atoms with Gasteiger partial charge in [-0.15, -0.1) is 11.3 Å². The van der Waals surface area contributed by atoms with Gasteiger partial charge >= 0.3 is 0 Å². The molecule has 0 fully saturated rings. The third-order valence-corrected chi connectivity index (χ3v) is 8.69. The number of hydrogen-bond donors (Lipinski definition) is 0. The number of Topliss-reactive ketones (excluding diaryl/α,β-unsaturated/α-hetero) is 1. The molecule has 0 radical (unpaired) electrons. The van der Waals surface area contributed by atoms with Crippen LogP contribution in [-0.4, -0.2) is 21.1 Å². The molecule has 1 aliphatic carbocycles. The number of ketones is 1. The number of aromatic nitrogens is 2. The van der Waals surface area contributed by atoms with Crippen molar-refractivity contribution in [2.24, 2.45) is 0 Å². The fraction of sp³-hybridized carbons (Fsp3) is 0.321. The van der Waals surface area contributed by atoms with Gasteiger partial charge in [-0.05, 0) is 68.7 Å². The van der Waals surface area contributed by atoms with Crippen LogP contribution in [0.1, 0.15) is 50.3 Å². The molecule has 34 heavy (non-hydrogen) atoms. The number of carbonyl (C=O) groups is 1. The van der Waals surface area contributed by atoms with E-state index in [0.717, 1.165) is 52.6 Å². The fourth-order valence-corrected chi connectivity index (χ4v) is 6.87. The topological polar surface area (TPSA) is 52.0 Å². The van der Waals surface area contributed by atoms with Gasteiger partial charge in [-0.1, -0.05) is 59.8 Å². The molecule has 5 rings (SSSR count). The standard InChI is InChI=1S/C28H28N2O2S2/c1-18-12-13-19(2)22(16-18)23(31)17-33-28-29-26-25(21-10-6-7-11-24(21)34-26)27(32)30(28)15-14-20-8-4-3-5-9-20/h3-5,8-9,12-13,16H,6-7,10-11,14-15,17H2,1-2H3. The third-order valence-electron chi connectivity index (χ3n) is 6.53. The Balaban J connectivity index is 1.50. The highest BCUT2D eigenvalue weighted by Gasteiger charge is 2.23. The lowest BCUT2D eigenvalue weighted by molar-refractivity contribution is 0.102. The molecule has 174 valence electrons. The van der Waals surface area contributed by atoms with Crippen LogP contribution in [0, 0.1) is 13.8 Å². The Kier molecular flexibility index (Phi) is 6.70. The zero-order chi connectivity index (χ0) is 23.7. The van der Waals surface area contributed by atoms with Crippen LogP contribution in [0.15, 0.2) is 58.5 Å². The first-order valence-corrected chi connectivity index (χ1v) is 13.6. The Bertz CT molecular complexity index is 1420. The zero-order valence-corrected chi connectivity index (χ0v) is 21.2. The van der Waals surface area contributed by atoms with Crippen LogP contribution in [-0.2, 0) is 25.8 Å². The summed E-state index contributed by atoms with van der Waals surface area (Å²) in [5.41, 5.74) is 5.24. The largest absolute Gasteiger partial charge is 0.293 e. The lowest BCUT2D eigenvalue weighted by Gasteiger charge is -2.14. The molecular weight excluding hydrogens is 460 g/mol. The third kappa shape index (κ3) is 4.62. The number of benzene rings is 2. The average molecular weight is 489 g/mol. The summed E-state index contributed by atoms with van der Waals surface area (Å²) in [6.45, 7) is 4.52. The molecule has 0 bridgehead atoms. The van der Waals surface area contributed by atoms with Crippen molar-refractivity contribution in [1.29, 1.82) is 0 Å². The van der Waals surface area contributed by atoms with Crippen molar-refractivity contribution in [2.75, 3.05) is 5.75 Å². The van der Waals surface area contributed by atoms with Gasteiger partial charge in [0.25, 0.3) is 5.56 Å². The van der Waals surface area contributed by atoms with Crippen LogP contribution in [0.25, 0.3) is 10.2 Å². The molecule has 0 spiro atoms. The highest BCUT2D eigenvalue weighted by atomic mass is 32.2. The van der Waals surface area contributed by atoms with E-state index in [2.05, 4.69) is 12.1 Å². The maximum absolute atomic E-state index is 13.7. The molecule has 0 amide bonds. The van der Waals surface area contributed by atoms with Crippen molar-refractivity contribution in [3.8, 4) is 0 Å². The lowest BCUT2D eigenvalue weighted by atomic mass is 9.97. The average Bonchev–Trinajstić information content (AvgIpc) is 3.23. The molecule has 0 aliphatic heterocycles. The minimum absolute atomic E-state index is 0.0435. The molecule has 6 heteroatoms. The molecule has 0 atom stereocenters. The van der Waals surface area contributed by atoms with E-state index in [1.165, 1.54) is 34.2 Å². The first-order valence-electron chi connectivity index (χ1n) is 11.8. The van der Waals surface area contributed by atoms with Gasteiger partial charge in [0.1, 0.15) is 4.83 Å². The Morgan fingerprint density at radius 3 is 2.71 bits per heavy atom. The molecule has 0 saturated carbocycles. The van der Waals surface area contributed by atoms with Crippen molar-refractivity contribution in [2.45, 2.75) is 57.7 Å². The number of fused-ring (bicyclic) bond motifs is 3. The SMILES string of the molecule is Cc1ccc(C)c(C(=O)CSc2nc3sc4c(c3c(=O)n2CCc2ccccc2)CCCC4)c1. The van der Waals surface area contributed by atoms with Crippen molar-refractivity contribution in [3.05, 3.63) is 91.6 Å². The summed E-state index contributed by atoms with van der Waals surface area (Å²) >= 11 is 3.05. The van der Waals surface area contributed by atoms with Crippen molar-refractivity contribution >= 4 is 39.1 Å². The lowest BCUT2D eigenvalue weighted by Crippen LogP contribution is -2.25. The van der Waals surface area contributed by atoms with Gasteiger partial charge < -0.3 is 0 Å². The van der Waals surface area contributed by atoms with E-state index < -0.39 is 0 Å². The molecule has 0 unspecified atom stereocenters. The zero-order valence-electron chi connectivity index (χ0n) is 19.6. The Morgan fingerprint density at radius 2 is 1.88 bits per heavy atom. The van der Waals surface area contributed by atoms with E-state index in [0.29, 0.717) is 11.7 Å². The summed E-state index contributed by atoms with van der Waals surface area (Å²) in [7, 11) is 0. The van der Waals surface area contributed by atoms with E-state index in [9.17, 15) is 9.59 Å². The Labute approximate surface area is 208 Å². The second kappa shape index (κ2) is 9.88. The fourth-order valence-electron chi connectivity index (χ4n) is 4.66. The first kappa shape index (κ1) is 23.1. The molecule has 2 aromatic heterocycles. The van der Waals surface area contributed by atoms with Gasteiger partial charge in [0, 0.05) is 17.0 Å². The second-order valence-electron chi connectivity index (χ2n) is 9.01. The van der Waals surface area contributed by atoms with Crippen molar-refractivity contribution in [1.82, 2.24) is 9.55 Å². The van der Waals surface area contributed by atoms with Crippen LogP contribution < -0.4 is 5.56 Å². The number of nitrogens with zero attached hydrogens (tertiary/aromatic N) is 2. The van der Waals surface area contributed by atoms with E-state index in [-0.39, 0.29) is 17.1 Å². The molecule has 4 nitrogen and oxygen atoms in total. The second-order valence-corrected chi connectivity index (χ2v) is 11.0. The summed E-state index contributed by atoms with van der Waals surface area (Å²) in [6.07, 6.45) is 5.05. The van der Waals surface area contributed by atoms with Gasteiger partial charge in [-0.3, -0.25) is 14.2 Å². The summed E-state index contributed by atoms with van der Waals surface area (Å²) in [5.74, 6) is 0.333. The minimum Gasteiger partial charge on any atom is -0.293 e. The summed E-state index contributed by atoms with van der Waals surface area (Å²) < 4.78 is 1.80. The molecule has 2 aromatic carbocycles. The van der Waals surface area contributed by atoms with Gasteiger partial charge in [0.15, 0.2) is 10.9 Å². The summed E-state index contributed by atoms with van der Waals surface area (Å²) in [6, 6.07) is 16.2.